The molecule has 0 aliphatic rings. The molecule has 0 spiro atoms. The number of hydrogen-bond donors (Lipinski definition) is 1. The van der Waals surface area contributed by atoms with Crippen LogP contribution in [0.15, 0.2) is 0 Å². The zero-order chi connectivity index (χ0) is 10.3. The van der Waals surface area contributed by atoms with Gasteiger partial charge in [-0.05, 0) is 20.4 Å². The normalized spacial score (nSPS) is 13.3. The van der Waals surface area contributed by atoms with E-state index in [9.17, 15) is 13.2 Å². The summed E-state index contributed by atoms with van der Waals surface area (Å²) < 4.78 is 35.8. The van der Waals surface area contributed by atoms with Crippen LogP contribution in [-0.2, 0) is 0 Å². The first-order valence-corrected chi connectivity index (χ1v) is 4.13. The van der Waals surface area contributed by atoms with Gasteiger partial charge in [-0.3, -0.25) is 0 Å². The average molecular weight is 193 g/mol. The highest BCUT2D eigenvalue weighted by molar-refractivity contribution is 4.95. The lowest BCUT2D eigenvalue weighted by molar-refractivity contribution is -0.140. The number of alkyl halides is 3. The van der Waals surface area contributed by atoms with Crippen LogP contribution in [-0.4, -0.2) is 19.3 Å². The molecule has 0 saturated heterocycles. The summed E-state index contributed by atoms with van der Waals surface area (Å²) in [6.45, 7) is 1.68. The second kappa shape index (κ2) is 5.87. The van der Waals surface area contributed by atoms with Crippen molar-refractivity contribution >= 4 is 0 Å². The molecule has 0 radical (unpaired) electrons. The number of halogens is 3. The first-order chi connectivity index (χ1) is 5.99. The summed E-state index contributed by atoms with van der Waals surface area (Å²) in [4.78, 5) is 0. The first-order valence-electron chi connectivity index (χ1n) is 4.13. The Morgan fingerprint density at radius 1 is 1.38 bits per heavy atom. The molecule has 0 aromatic carbocycles. The van der Waals surface area contributed by atoms with Gasteiger partial charge in [-0.15, -0.1) is 11.8 Å². The molecule has 0 fully saturated rings. The van der Waals surface area contributed by atoms with Gasteiger partial charge in [0, 0.05) is 12.5 Å². The van der Waals surface area contributed by atoms with Gasteiger partial charge >= 0.3 is 6.18 Å². The van der Waals surface area contributed by atoms with E-state index in [1.54, 1.807) is 6.92 Å². The summed E-state index contributed by atoms with van der Waals surface area (Å²) in [6.07, 6.45) is -3.92. The van der Waals surface area contributed by atoms with Gasteiger partial charge in [0.05, 0.1) is 6.42 Å². The summed E-state index contributed by atoms with van der Waals surface area (Å²) in [5, 5.41) is 2.63. The Kier molecular flexibility index (Phi) is 5.56. The Bertz CT molecular complexity index is 187. The first kappa shape index (κ1) is 12.3. The predicted octanol–water partition coefficient (Wildman–Crippen LogP) is 2.33. The van der Waals surface area contributed by atoms with Crippen LogP contribution in [0.2, 0.25) is 0 Å². The van der Waals surface area contributed by atoms with Gasteiger partial charge in [0.15, 0.2) is 0 Å². The molecule has 0 aliphatic heterocycles. The van der Waals surface area contributed by atoms with Gasteiger partial charge in [0.1, 0.15) is 0 Å². The van der Waals surface area contributed by atoms with Crippen LogP contribution >= 0.6 is 0 Å². The maximum absolute atomic E-state index is 11.9. The molecule has 1 atom stereocenters. The van der Waals surface area contributed by atoms with E-state index in [0.717, 1.165) is 0 Å². The van der Waals surface area contributed by atoms with Crippen LogP contribution < -0.4 is 5.32 Å². The Morgan fingerprint density at radius 2 is 2.00 bits per heavy atom. The highest BCUT2D eigenvalue weighted by Crippen LogP contribution is 2.22. The molecular formula is C9H14F3N. The van der Waals surface area contributed by atoms with Gasteiger partial charge in [-0.1, -0.05) is 0 Å². The Balaban J connectivity index is 3.80. The van der Waals surface area contributed by atoms with Crippen molar-refractivity contribution in [1.29, 1.82) is 0 Å². The molecule has 0 amide bonds. The molecule has 4 heteroatoms. The Labute approximate surface area is 76.7 Å². The quantitative estimate of drug-likeness (QED) is 0.676. The van der Waals surface area contributed by atoms with E-state index in [0.29, 0.717) is 12.8 Å². The van der Waals surface area contributed by atoms with Crippen molar-refractivity contribution in [2.45, 2.75) is 38.4 Å². The van der Waals surface area contributed by atoms with Crippen LogP contribution in [0.5, 0.6) is 0 Å². The molecule has 0 heterocycles. The Morgan fingerprint density at radius 3 is 2.38 bits per heavy atom. The van der Waals surface area contributed by atoms with E-state index in [2.05, 4.69) is 17.2 Å². The monoisotopic (exact) mass is 193 g/mol. The van der Waals surface area contributed by atoms with Gasteiger partial charge in [-0.25, -0.2) is 0 Å². The second-order valence-corrected chi connectivity index (χ2v) is 2.77. The summed E-state index contributed by atoms with van der Waals surface area (Å²) in [5.74, 6) is 5.39. The summed E-state index contributed by atoms with van der Waals surface area (Å²) in [5.41, 5.74) is 0. The van der Waals surface area contributed by atoms with Gasteiger partial charge in [-0.2, -0.15) is 13.2 Å². The van der Waals surface area contributed by atoms with Crippen molar-refractivity contribution < 1.29 is 13.2 Å². The molecule has 1 unspecified atom stereocenters. The molecule has 76 valence electrons. The minimum atomic E-state index is -4.09. The molecule has 13 heavy (non-hydrogen) atoms. The topological polar surface area (TPSA) is 12.0 Å². The third-order valence-corrected chi connectivity index (χ3v) is 1.68. The van der Waals surface area contributed by atoms with Crippen LogP contribution in [0.1, 0.15) is 26.2 Å². The van der Waals surface area contributed by atoms with E-state index in [4.69, 9.17) is 0 Å². The van der Waals surface area contributed by atoms with Crippen molar-refractivity contribution in [3.05, 3.63) is 0 Å². The lowest BCUT2D eigenvalue weighted by Crippen LogP contribution is -2.30. The molecule has 1 nitrogen and oxygen atoms in total. The average Bonchev–Trinajstić information content (AvgIpc) is 2.01. The van der Waals surface area contributed by atoms with Crippen molar-refractivity contribution in [2.75, 3.05) is 7.05 Å². The van der Waals surface area contributed by atoms with E-state index < -0.39 is 18.6 Å². The zero-order valence-corrected chi connectivity index (χ0v) is 7.83. The number of nitrogens with one attached hydrogen (secondary N) is 1. The molecule has 0 aliphatic carbocycles. The van der Waals surface area contributed by atoms with Crippen LogP contribution in [0.4, 0.5) is 13.2 Å². The molecule has 0 bridgehead atoms. The highest BCUT2D eigenvalue weighted by Gasteiger charge is 2.30. The third kappa shape index (κ3) is 7.66. The third-order valence-electron chi connectivity index (χ3n) is 1.68. The second-order valence-electron chi connectivity index (χ2n) is 2.77. The maximum atomic E-state index is 11.9. The fourth-order valence-electron chi connectivity index (χ4n) is 0.999. The van der Waals surface area contributed by atoms with Crippen molar-refractivity contribution in [3.63, 3.8) is 0 Å². The van der Waals surface area contributed by atoms with Crippen molar-refractivity contribution in [3.8, 4) is 11.8 Å². The van der Waals surface area contributed by atoms with Gasteiger partial charge < -0.3 is 5.32 Å². The fraction of sp³-hybridized carbons (Fsp3) is 0.778. The largest absolute Gasteiger partial charge is 0.390 e. The molecule has 0 rings (SSSR count). The van der Waals surface area contributed by atoms with Crippen molar-refractivity contribution in [2.24, 2.45) is 0 Å². The summed E-state index contributed by atoms with van der Waals surface area (Å²) >= 11 is 0. The molecule has 0 aromatic rings. The van der Waals surface area contributed by atoms with E-state index in [1.807, 2.05) is 0 Å². The van der Waals surface area contributed by atoms with Gasteiger partial charge in [0.25, 0.3) is 0 Å². The fourth-order valence-corrected chi connectivity index (χ4v) is 0.999. The van der Waals surface area contributed by atoms with Crippen LogP contribution in [0, 0.1) is 11.8 Å². The number of rotatable bonds is 4. The van der Waals surface area contributed by atoms with Crippen LogP contribution in [0.25, 0.3) is 0 Å². The molecule has 1 N–H and O–H groups in total. The van der Waals surface area contributed by atoms with Gasteiger partial charge in [0.2, 0.25) is 0 Å². The highest BCUT2D eigenvalue weighted by atomic mass is 19.4. The predicted molar refractivity (Wildman–Crippen MR) is 46.2 cm³/mol. The minimum Gasteiger partial charge on any atom is -0.317 e. The molecule has 0 aromatic heterocycles. The van der Waals surface area contributed by atoms with E-state index in [-0.39, 0.29) is 0 Å². The SMILES string of the molecule is CC#CCCC(CC(F)(F)F)NC. The zero-order valence-electron chi connectivity index (χ0n) is 7.83. The Hall–Kier alpha value is -0.690. The smallest absolute Gasteiger partial charge is 0.317 e. The summed E-state index contributed by atoms with van der Waals surface area (Å²) in [7, 11) is 1.54. The standard InChI is InChI=1S/C9H14F3N/c1-3-4-5-6-8(13-2)7-9(10,11)12/h8,13H,5-7H2,1-2H3. The van der Waals surface area contributed by atoms with E-state index >= 15 is 0 Å². The minimum absolute atomic E-state index is 0.441. The van der Waals surface area contributed by atoms with E-state index in [1.165, 1.54) is 7.05 Å². The molecular weight excluding hydrogens is 179 g/mol. The maximum Gasteiger partial charge on any atom is 0.390 e. The summed E-state index contributed by atoms with van der Waals surface area (Å²) in [6, 6.07) is -0.513. The lowest BCUT2D eigenvalue weighted by atomic mass is 10.1. The molecule has 0 saturated carbocycles. The van der Waals surface area contributed by atoms with Crippen molar-refractivity contribution in [1.82, 2.24) is 5.32 Å². The van der Waals surface area contributed by atoms with Crippen LogP contribution in [0.3, 0.4) is 0 Å². The lowest BCUT2D eigenvalue weighted by Gasteiger charge is -2.16. The number of hydrogen-bond acceptors (Lipinski definition) is 1.